The number of nitrogens with one attached hydrogen (secondary N) is 1. The summed E-state index contributed by atoms with van der Waals surface area (Å²) in [6, 6.07) is 0.797. The molecular weight excluding hydrogens is 388 g/mol. The molecule has 8 heteroatoms. The fourth-order valence-corrected chi connectivity index (χ4v) is 7.17. The molecule has 3 unspecified atom stereocenters. The van der Waals surface area contributed by atoms with Gasteiger partial charge in [0.15, 0.2) is 15.8 Å². The van der Waals surface area contributed by atoms with Gasteiger partial charge >= 0.3 is 0 Å². The lowest BCUT2D eigenvalue weighted by Crippen LogP contribution is -2.56. The number of ether oxygens (including phenoxy) is 1. The highest BCUT2D eigenvalue weighted by molar-refractivity contribution is 7.92. The smallest absolute Gasteiger partial charge is 0.194 e. The molecule has 0 spiro atoms. The minimum atomic E-state index is -3.20. The van der Waals surface area contributed by atoms with Gasteiger partial charge in [0.1, 0.15) is 0 Å². The molecule has 4 rings (SSSR count). The summed E-state index contributed by atoms with van der Waals surface area (Å²) in [5, 5.41) is 3.40. The van der Waals surface area contributed by atoms with E-state index in [2.05, 4.69) is 22.0 Å². The molecule has 0 amide bonds. The van der Waals surface area contributed by atoms with Crippen molar-refractivity contribution in [3.05, 3.63) is 0 Å². The number of sulfone groups is 1. The Kier molecular flexibility index (Phi) is 6.42. The van der Waals surface area contributed by atoms with E-state index in [9.17, 15) is 8.42 Å². The third kappa shape index (κ3) is 4.44. The zero-order valence-electron chi connectivity index (χ0n) is 18.1. The van der Waals surface area contributed by atoms with Crippen molar-refractivity contribution in [3.63, 3.8) is 0 Å². The van der Waals surface area contributed by atoms with Gasteiger partial charge in [-0.3, -0.25) is 9.89 Å². The molecule has 29 heavy (non-hydrogen) atoms. The monoisotopic (exact) mass is 426 g/mol. The van der Waals surface area contributed by atoms with Crippen LogP contribution in [0.4, 0.5) is 0 Å². The van der Waals surface area contributed by atoms with Crippen molar-refractivity contribution in [3.8, 4) is 0 Å². The van der Waals surface area contributed by atoms with Crippen LogP contribution in [-0.2, 0) is 14.6 Å². The summed E-state index contributed by atoms with van der Waals surface area (Å²) < 4.78 is 29.7. The number of aliphatic imine (C=N–C) groups is 1. The van der Waals surface area contributed by atoms with E-state index < -0.39 is 14.6 Å². The first kappa shape index (κ1) is 21.4. The minimum Gasteiger partial charge on any atom is -0.381 e. The quantitative estimate of drug-likeness (QED) is 0.528. The first-order valence-corrected chi connectivity index (χ1v) is 13.4. The van der Waals surface area contributed by atoms with E-state index in [1.54, 1.807) is 0 Å². The lowest BCUT2D eigenvalue weighted by Gasteiger charge is -2.42. The molecule has 4 aliphatic rings. The second-order valence-corrected chi connectivity index (χ2v) is 11.9. The van der Waals surface area contributed by atoms with Crippen LogP contribution in [0.25, 0.3) is 0 Å². The molecular formula is C21H38N4O3S. The Morgan fingerprint density at radius 3 is 2.41 bits per heavy atom. The van der Waals surface area contributed by atoms with Crippen LogP contribution in [0.5, 0.6) is 0 Å². The largest absolute Gasteiger partial charge is 0.381 e. The van der Waals surface area contributed by atoms with Crippen molar-refractivity contribution in [2.75, 3.05) is 58.7 Å². The molecule has 0 aromatic rings. The summed E-state index contributed by atoms with van der Waals surface area (Å²) >= 11 is 0. The van der Waals surface area contributed by atoms with Gasteiger partial charge in [0, 0.05) is 58.2 Å². The maximum atomic E-state index is 12.5. The Bertz CT molecular complexity index is 697. The van der Waals surface area contributed by atoms with E-state index in [0.29, 0.717) is 32.6 Å². The van der Waals surface area contributed by atoms with E-state index in [4.69, 9.17) is 9.73 Å². The standard InChI is InChI=1S/C21H38N4O3S/c1-3-22-20(23-16-21(29(2,26)27)6-12-28-13-7-21)25-10-8-24(9-11-25)19-15-17-4-5-18(19)14-17/h17-19H,3-16H2,1-2H3,(H,22,23). The average Bonchev–Trinajstić information content (AvgIpc) is 3.35. The summed E-state index contributed by atoms with van der Waals surface area (Å²) in [4.78, 5) is 9.87. The predicted octanol–water partition coefficient (Wildman–Crippen LogP) is 1.35. The highest BCUT2D eigenvalue weighted by atomic mass is 32.2. The van der Waals surface area contributed by atoms with Crippen molar-refractivity contribution in [2.24, 2.45) is 16.8 Å². The molecule has 7 nitrogen and oxygen atoms in total. The summed E-state index contributed by atoms with van der Waals surface area (Å²) in [6.07, 6.45) is 8.15. The zero-order chi connectivity index (χ0) is 20.5. The Morgan fingerprint density at radius 1 is 1.14 bits per heavy atom. The van der Waals surface area contributed by atoms with Crippen LogP contribution in [0.2, 0.25) is 0 Å². The summed E-state index contributed by atoms with van der Waals surface area (Å²) in [7, 11) is -3.20. The first-order valence-electron chi connectivity index (χ1n) is 11.5. The Balaban J connectivity index is 1.40. The van der Waals surface area contributed by atoms with Crippen LogP contribution in [0.1, 0.15) is 45.4 Å². The SMILES string of the molecule is CCNC(=NCC1(S(C)(=O)=O)CCOCC1)N1CCN(C2CC3CCC2C3)CC1. The van der Waals surface area contributed by atoms with Crippen LogP contribution in [-0.4, -0.2) is 93.7 Å². The van der Waals surface area contributed by atoms with Gasteiger partial charge in [-0.1, -0.05) is 6.42 Å². The molecule has 4 fully saturated rings. The molecule has 0 radical (unpaired) electrons. The van der Waals surface area contributed by atoms with Gasteiger partial charge < -0.3 is 15.0 Å². The number of fused-ring (bicyclic) bond motifs is 2. The molecule has 2 aliphatic heterocycles. The molecule has 2 aliphatic carbocycles. The Labute approximate surface area is 176 Å². The first-order chi connectivity index (χ1) is 13.9. The van der Waals surface area contributed by atoms with Crippen molar-refractivity contribution >= 4 is 15.8 Å². The zero-order valence-corrected chi connectivity index (χ0v) is 18.9. The van der Waals surface area contributed by atoms with Gasteiger partial charge in [0.25, 0.3) is 0 Å². The molecule has 0 aromatic carbocycles. The fraction of sp³-hybridized carbons (Fsp3) is 0.952. The van der Waals surface area contributed by atoms with Crippen LogP contribution in [0.3, 0.4) is 0 Å². The number of guanidine groups is 1. The van der Waals surface area contributed by atoms with E-state index in [0.717, 1.165) is 56.6 Å². The second-order valence-electron chi connectivity index (χ2n) is 9.50. The van der Waals surface area contributed by atoms with Crippen molar-refractivity contribution in [1.82, 2.24) is 15.1 Å². The second kappa shape index (κ2) is 8.71. The number of nitrogens with zero attached hydrogens (tertiary/aromatic N) is 3. The van der Waals surface area contributed by atoms with Gasteiger partial charge in [-0.2, -0.15) is 0 Å². The normalized spacial score (nSPS) is 33.2. The molecule has 3 atom stereocenters. The molecule has 2 bridgehead atoms. The lowest BCUT2D eigenvalue weighted by molar-refractivity contribution is 0.0764. The third-order valence-corrected chi connectivity index (χ3v) is 9.94. The number of piperazine rings is 1. The highest BCUT2D eigenvalue weighted by Gasteiger charge is 2.44. The van der Waals surface area contributed by atoms with Crippen molar-refractivity contribution in [1.29, 1.82) is 0 Å². The summed E-state index contributed by atoms with van der Waals surface area (Å²) in [5.41, 5.74) is 0. The minimum absolute atomic E-state index is 0.324. The predicted molar refractivity (Wildman–Crippen MR) is 116 cm³/mol. The fourth-order valence-electron chi connectivity index (χ4n) is 5.96. The number of hydrogen-bond acceptors (Lipinski definition) is 5. The van der Waals surface area contributed by atoms with Gasteiger partial charge in [-0.05, 0) is 50.9 Å². The van der Waals surface area contributed by atoms with Gasteiger partial charge in [0.2, 0.25) is 0 Å². The maximum Gasteiger partial charge on any atom is 0.194 e. The van der Waals surface area contributed by atoms with Crippen LogP contribution in [0.15, 0.2) is 4.99 Å². The van der Waals surface area contributed by atoms with Crippen LogP contribution >= 0.6 is 0 Å². The van der Waals surface area contributed by atoms with E-state index in [1.165, 1.54) is 31.9 Å². The van der Waals surface area contributed by atoms with Gasteiger partial charge in [-0.25, -0.2) is 8.42 Å². The topological polar surface area (TPSA) is 74.2 Å². The van der Waals surface area contributed by atoms with Crippen LogP contribution < -0.4 is 5.32 Å². The van der Waals surface area contributed by atoms with Gasteiger partial charge in [0.05, 0.1) is 11.3 Å². The Morgan fingerprint density at radius 2 is 1.86 bits per heavy atom. The molecule has 1 N–H and O–H groups in total. The molecule has 2 saturated carbocycles. The summed E-state index contributed by atoms with van der Waals surface area (Å²) in [5.74, 6) is 2.78. The third-order valence-electron chi connectivity index (χ3n) is 7.83. The maximum absolute atomic E-state index is 12.5. The van der Waals surface area contributed by atoms with Crippen molar-refractivity contribution < 1.29 is 13.2 Å². The average molecular weight is 427 g/mol. The van der Waals surface area contributed by atoms with Gasteiger partial charge in [-0.15, -0.1) is 0 Å². The van der Waals surface area contributed by atoms with Crippen molar-refractivity contribution in [2.45, 2.75) is 56.2 Å². The van der Waals surface area contributed by atoms with E-state index >= 15 is 0 Å². The Hall–Kier alpha value is -0.860. The van der Waals surface area contributed by atoms with Crippen LogP contribution in [0, 0.1) is 11.8 Å². The summed E-state index contributed by atoms with van der Waals surface area (Å²) in [6.45, 7) is 8.30. The molecule has 2 saturated heterocycles. The van der Waals surface area contributed by atoms with E-state index in [-0.39, 0.29) is 0 Å². The highest BCUT2D eigenvalue weighted by Crippen LogP contribution is 2.46. The van der Waals surface area contributed by atoms with E-state index in [1.807, 2.05) is 0 Å². The molecule has 0 aromatic heterocycles. The lowest BCUT2D eigenvalue weighted by atomic mass is 9.93. The molecule has 166 valence electrons. The number of rotatable bonds is 5. The molecule has 2 heterocycles. The number of hydrogen-bond donors (Lipinski definition) is 1.